The topological polar surface area (TPSA) is 75.6 Å². The number of carboxylic acid groups (broad SMARTS) is 1. The van der Waals surface area contributed by atoms with E-state index < -0.39 is 35.6 Å². The molecule has 2 N–H and O–H groups in total. The zero-order valence-corrected chi connectivity index (χ0v) is 17.3. The van der Waals surface area contributed by atoms with E-state index in [1.54, 1.807) is 24.3 Å². The Hall–Kier alpha value is -3.16. The number of amides is 1. The Labute approximate surface area is 186 Å². The van der Waals surface area contributed by atoms with E-state index >= 15 is 0 Å². The second kappa shape index (κ2) is 9.76. The number of rotatable bonds is 7. The lowest BCUT2D eigenvalue weighted by Gasteiger charge is -2.12. The molecule has 160 valence electrons. The zero-order valence-electron chi connectivity index (χ0n) is 15.8. The van der Waals surface area contributed by atoms with Gasteiger partial charge in [0.15, 0.2) is 0 Å². The molecule has 0 aliphatic rings. The van der Waals surface area contributed by atoms with Gasteiger partial charge < -0.3 is 15.2 Å². The predicted molar refractivity (Wildman–Crippen MR) is 113 cm³/mol. The van der Waals surface area contributed by atoms with E-state index in [0.29, 0.717) is 10.8 Å². The monoisotopic (exact) mass is 465 g/mol. The van der Waals surface area contributed by atoms with Crippen LogP contribution in [0.4, 0.5) is 14.5 Å². The highest BCUT2D eigenvalue weighted by molar-refractivity contribution is 6.34. The van der Waals surface area contributed by atoms with Gasteiger partial charge in [-0.15, -0.1) is 0 Å². The molecule has 0 radical (unpaired) electrons. The minimum Gasteiger partial charge on any atom is -0.489 e. The minimum atomic E-state index is -1.24. The number of halogens is 4. The lowest BCUT2D eigenvalue weighted by Crippen LogP contribution is -2.15. The van der Waals surface area contributed by atoms with Crippen LogP contribution in [0.3, 0.4) is 0 Å². The smallest absolute Gasteiger partial charge is 0.307 e. The molecule has 0 aliphatic heterocycles. The van der Waals surface area contributed by atoms with Gasteiger partial charge in [-0.2, -0.15) is 0 Å². The molecule has 3 rings (SSSR count). The van der Waals surface area contributed by atoms with Crippen molar-refractivity contribution < 1.29 is 28.2 Å². The molecule has 0 saturated heterocycles. The molecule has 9 heteroatoms. The van der Waals surface area contributed by atoms with Crippen molar-refractivity contribution in [2.24, 2.45) is 0 Å². The first-order valence-electron chi connectivity index (χ1n) is 8.91. The van der Waals surface area contributed by atoms with Crippen molar-refractivity contribution in [1.82, 2.24) is 0 Å². The Morgan fingerprint density at radius 2 is 1.68 bits per heavy atom. The second-order valence-electron chi connectivity index (χ2n) is 6.52. The molecule has 0 aromatic heterocycles. The Bertz CT molecular complexity index is 1130. The molecule has 0 spiro atoms. The summed E-state index contributed by atoms with van der Waals surface area (Å²) < 4.78 is 34.1. The average Bonchev–Trinajstić information content (AvgIpc) is 2.69. The molecule has 1 amide bonds. The number of hydrogen-bond donors (Lipinski definition) is 2. The first kappa shape index (κ1) is 22.5. The molecule has 31 heavy (non-hydrogen) atoms. The maximum absolute atomic E-state index is 14.2. The van der Waals surface area contributed by atoms with E-state index in [9.17, 15) is 18.4 Å². The van der Waals surface area contributed by atoms with Gasteiger partial charge in [0, 0.05) is 5.02 Å². The standard InChI is InChI=1S/C22H15Cl2F2NO4/c23-14-3-1-2-12(6-14)11-31-15-4-5-17(24)16(10-15)22(30)27-21-18(25)7-13(8-19(21)26)9-20(28)29/h1-8,10H,9,11H2,(H,27,30)(H,28,29). The number of anilines is 1. The number of nitrogens with one attached hydrogen (secondary N) is 1. The summed E-state index contributed by atoms with van der Waals surface area (Å²) in [6.45, 7) is 0.178. The molecule has 3 aromatic rings. The summed E-state index contributed by atoms with van der Waals surface area (Å²) in [6.07, 6.45) is -0.556. The molecular weight excluding hydrogens is 451 g/mol. The predicted octanol–water partition coefficient (Wildman–Crippen LogP) is 5.73. The Kier molecular flexibility index (Phi) is 7.09. The molecule has 0 saturated carbocycles. The molecule has 0 aliphatic carbocycles. The summed E-state index contributed by atoms with van der Waals surface area (Å²) in [5.41, 5.74) is -0.0342. The summed E-state index contributed by atoms with van der Waals surface area (Å²) in [7, 11) is 0. The van der Waals surface area contributed by atoms with Gasteiger partial charge in [-0.3, -0.25) is 9.59 Å². The number of benzene rings is 3. The SMILES string of the molecule is O=C(O)Cc1cc(F)c(NC(=O)c2cc(OCc3cccc(Cl)c3)ccc2Cl)c(F)c1. The lowest BCUT2D eigenvalue weighted by molar-refractivity contribution is -0.136. The van der Waals surface area contributed by atoms with Gasteiger partial charge in [0.25, 0.3) is 5.91 Å². The van der Waals surface area contributed by atoms with Gasteiger partial charge >= 0.3 is 5.97 Å². The van der Waals surface area contributed by atoms with Gasteiger partial charge in [0.1, 0.15) is 29.7 Å². The van der Waals surface area contributed by atoms with Crippen molar-refractivity contribution in [3.8, 4) is 5.75 Å². The van der Waals surface area contributed by atoms with Crippen LogP contribution >= 0.6 is 23.2 Å². The van der Waals surface area contributed by atoms with Crippen LogP contribution in [0.2, 0.25) is 10.0 Å². The van der Waals surface area contributed by atoms with Crippen LogP contribution in [0.15, 0.2) is 54.6 Å². The minimum absolute atomic E-state index is 0.0518. The number of hydrogen-bond acceptors (Lipinski definition) is 3. The van der Waals surface area contributed by atoms with E-state index in [1.807, 2.05) is 6.07 Å². The van der Waals surface area contributed by atoms with Crippen molar-refractivity contribution in [2.45, 2.75) is 13.0 Å². The third kappa shape index (κ3) is 5.93. The summed E-state index contributed by atoms with van der Waals surface area (Å²) in [5.74, 6) is -3.99. The third-order valence-electron chi connectivity index (χ3n) is 4.17. The number of carbonyl (C=O) groups excluding carboxylic acids is 1. The normalized spacial score (nSPS) is 10.6. The van der Waals surface area contributed by atoms with Crippen LogP contribution in [0.25, 0.3) is 0 Å². The summed E-state index contributed by atoms with van der Waals surface area (Å²) >= 11 is 12.0. The quantitative estimate of drug-likeness (QED) is 0.467. The maximum atomic E-state index is 14.2. The molecule has 0 fully saturated rings. The zero-order chi connectivity index (χ0) is 22.5. The van der Waals surface area contributed by atoms with Gasteiger partial charge in [0.2, 0.25) is 0 Å². The van der Waals surface area contributed by atoms with Crippen LogP contribution in [0, 0.1) is 11.6 Å². The average molecular weight is 466 g/mol. The maximum Gasteiger partial charge on any atom is 0.307 e. The molecule has 0 atom stereocenters. The van der Waals surface area contributed by atoms with Crippen LogP contribution in [-0.4, -0.2) is 17.0 Å². The molecular formula is C22H15Cl2F2NO4. The summed E-state index contributed by atoms with van der Waals surface area (Å²) in [4.78, 5) is 23.3. The van der Waals surface area contributed by atoms with Crippen molar-refractivity contribution in [3.63, 3.8) is 0 Å². The van der Waals surface area contributed by atoms with Crippen LogP contribution in [0.5, 0.6) is 5.75 Å². The fourth-order valence-corrected chi connectivity index (χ4v) is 3.18. The van der Waals surface area contributed by atoms with E-state index in [1.165, 1.54) is 12.1 Å². The Balaban J connectivity index is 1.77. The van der Waals surface area contributed by atoms with E-state index in [4.69, 9.17) is 33.0 Å². The lowest BCUT2D eigenvalue weighted by atomic mass is 10.1. The van der Waals surface area contributed by atoms with Gasteiger partial charge in [-0.05, 0) is 53.6 Å². The number of ether oxygens (including phenoxy) is 1. The first-order chi connectivity index (χ1) is 14.7. The Morgan fingerprint density at radius 1 is 0.968 bits per heavy atom. The van der Waals surface area contributed by atoms with Crippen molar-refractivity contribution >= 4 is 40.8 Å². The molecule has 3 aromatic carbocycles. The van der Waals surface area contributed by atoms with Crippen LogP contribution < -0.4 is 10.1 Å². The molecule has 0 heterocycles. The van der Waals surface area contributed by atoms with Crippen LogP contribution in [-0.2, 0) is 17.8 Å². The highest BCUT2D eigenvalue weighted by Gasteiger charge is 2.18. The largest absolute Gasteiger partial charge is 0.489 e. The second-order valence-corrected chi connectivity index (χ2v) is 7.36. The summed E-state index contributed by atoms with van der Waals surface area (Å²) in [6, 6.07) is 13.0. The highest BCUT2D eigenvalue weighted by atomic mass is 35.5. The summed E-state index contributed by atoms with van der Waals surface area (Å²) in [5, 5.41) is 11.5. The first-order valence-corrected chi connectivity index (χ1v) is 9.66. The van der Waals surface area contributed by atoms with Crippen LogP contribution in [0.1, 0.15) is 21.5 Å². The number of carbonyl (C=O) groups is 2. The van der Waals surface area contributed by atoms with Crippen molar-refractivity contribution in [3.05, 3.63) is 93.0 Å². The molecule has 5 nitrogen and oxygen atoms in total. The van der Waals surface area contributed by atoms with Crippen molar-refractivity contribution in [2.75, 3.05) is 5.32 Å². The Morgan fingerprint density at radius 3 is 2.32 bits per heavy atom. The third-order valence-corrected chi connectivity index (χ3v) is 4.74. The number of aliphatic carboxylic acids is 1. The van der Waals surface area contributed by atoms with E-state index in [2.05, 4.69) is 5.32 Å². The number of carboxylic acids is 1. The van der Waals surface area contributed by atoms with E-state index in [0.717, 1.165) is 17.7 Å². The van der Waals surface area contributed by atoms with Gasteiger partial charge in [-0.25, -0.2) is 8.78 Å². The fraction of sp³-hybridized carbons (Fsp3) is 0.0909. The molecule has 0 unspecified atom stereocenters. The molecule has 0 bridgehead atoms. The van der Waals surface area contributed by atoms with Gasteiger partial charge in [-0.1, -0.05) is 35.3 Å². The van der Waals surface area contributed by atoms with Crippen molar-refractivity contribution in [1.29, 1.82) is 0 Å². The fourth-order valence-electron chi connectivity index (χ4n) is 2.76. The van der Waals surface area contributed by atoms with E-state index in [-0.39, 0.29) is 22.8 Å². The highest BCUT2D eigenvalue weighted by Crippen LogP contribution is 2.26. The van der Waals surface area contributed by atoms with Gasteiger partial charge in [0.05, 0.1) is 17.0 Å².